The Balaban J connectivity index is 2.42. The molecule has 1 aromatic heterocycles. The average molecular weight is 311 g/mol. The molecule has 1 heterocycles. The van der Waals surface area contributed by atoms with Crippen molar-refractivity contribution in [1.29, 1.82) is 0 Å². The number of rotatable bonds is 1. The highest BCUT2D eigenvalue weighted by Gasteiger charge is 2.21. The van der Waals surface area contributed by atoms with E-state index < -0.39 is 11.6 Å². The number of hydrogen-bond donors (Lipinski definition) is 0. The number of hydrogen-bond acceptors (Lipinski definition) is 3. The van der Waals surface area contributed by atoms with E-state index in [4.69, 9.17) is 9.15 Å². The van der Waals surface area contributed by atoms with Crippen molar-refractivity contribution in [2.45, 2.75) is 33.3 Å². The fourth-order valence-electron chi connectivity index (χ4n) is 1.68. The number of fused-ring (bicyclic) bond motifs is 1. The minimum Gasteiger partial charge on any atom is -0.454 e. The molecule has 0 fully saturated rings. The van der Waals surface area contributed by atoms with Crippen LogP contribution in [0.2, 0.25) is 0 Å². The van der Waals surface area contributed by atoms with Gasteiger partial charge in [0.1, 0.15) is 11.2 Å². The second kappa shape index (κ2) is 4.43. The van der Waals surface area contributed by atoms with Crippen LogP contribution in [-0.4, -0.2) is 11.6 Å². The molecule has 0 aliphatic carbocycles. The third-order valence-electron chi connectivity index (χ3n) is 2.32. The molecule has 0 atom stereocenters. The Bertz CT molecular complexity index is 605. The maximum atomic E-state index is 11.9. The molecule has 0 aliphatic rings. The lowest BCUT2D eigenvalue weighted by atomic mass is 10.2. The fourth-order valence-corrected chi connectivity index (χ4v) is 2.35. The Labute approximate surface area is 114 Å². The summed E-state index contributed by atoms with van der Waals surface area (Å²) >= 11 is 3.43. The Hall–Kier alpha value is -1.29. The summed E-state index contributed by atoms with van der Waals surface area (Å²) in [4.78, 5) is 11.9. The van der Waals surface area contributed by atoms with Crippen LogP contribution < -0.4 is 0 Å². The van der Waals surface area contributed by atoms with Gasteiger partial charge in [0.05, 0.1) is 4.47 Å². The van der Waals surface area contributed by atoms with E-state index in [1.807, 2.05) is 39.8 Å². The van der Waals surface area contributed by atoms with Crippen molar-refractivity contribution in [3.05, 3.63) is 34.0 Å². The number of carbonyl (C=O) groups excluding carboxylic acids is 1. The first kappa shape index (κ1) is 13.1. The second-order valence-corrected chi connectivity index (χ2v) is 6.13. The van der Waals surface area contributed by atoms with E-state index in [2.05, 4.69) is 15.9 Å². The molecule has 0 bridgehead atoms. The molecule has 2 rings (SSSR count). The van der Waals surface area contributed by atoms with Crippen molar-refractivity contribution in [2.75, 3.05) is 0 Å². The van der Waals surface area contributed by atoms with Gasteiger partial charge in [0.15, 0.2) is 0 Å². The molecule has 18 heavy (non-hydrogen) atoms. The summed E-state index contributed by atoms with van der Waals surface area (Å²) in [6.07, 6.45) is 0. The lowest BCUT2D eigenvalue weighted by Gasteiger charge is -2.18. The molecule has 96 valence electrons. The van der Waals surface area contributed by atoms with Crippen molar-refractivity contribution in [3.8, 4) is 0 Å². The summed E-state index contributed by atoms with van der Waals surface area (Å²) in [5.74, 6) is -0.213. The molecule has 3 nitrogen and oxygen atoms in total. The smallest absolute Gasteiger partial charge is 0.374 e. The third-order valence-corrected chi connectivity index (χ3v) is 2.90. The summed E-state index contributed by atoms with van der Waals surface area (Å²) in [5, 5.41) is 0.891. The van der Waals surface area contributed by atoms with Crippen LogP contribution in [0.15, 0.2) is 27.1 Å². The highest BCUT2D eigenvalue weighted by Crippen LogP contribution is 2.29. The minimum atomic E-state index is -0.525. The zero-order valence-corrected chi connectivity index (χ0v) is 12.4. The molecule has 0 saturated heterocycles. The Kier molecular flexibility index (Phi) is 3.23. The second-order valence-electron chi connectivity index (χ2n) is 5.28. The van der Waals surface area contributed by atoms with Crippen LogP contribution in [0.3, 0.4) is 0 Å². The molecule has 0 N–H and O–H groups in total. The molecular weight excluding hydrogens is 296 g/mol. The third kappa shape index (κ3) is 2.75. The number of benzene rings is 1. The summed E-state index contributed by atoms with van der Waals surface area (Å²) in [5.41, 5.74) is 1.25. The van der Waals surface area contributed by atoms with Gasteiger partial charge in [-0.2, -0.15) is 0 Å². The number of halogens is 1. The Morgan fingerprint density at radius 2 is 1.94 bits per heavy atom. The molecular formula is C14H15BrO3. The van der Waals surface area contributed by atoms with Crippen LogP contribution >= 0.6 is 15.9 Å². The first-order valence-electron chi connectivity index (χ1n) is 5.69. The predicted molar refractivity (Wildman–Crippen MR) is 73.8 cm³/mol. The number of esters is 1. The highest BCUT2D eigenvalue weighted by molar-refractivity contribution is 9.10. The summed E-state index contributed by atoms with van der Waals surface area (Å²) in [6, 6.07) is 5.63. The Morgan fingerprint density at radius 3 is 2.56 bits per heavy atom. The van der Waals surface area contributed by atoms with E-state index in [0.29, 0.717) is 5.58 Å². The van der Waals surface area contributed by atoms with Gasteiger partial charge in [-0.3, -0.25) is 0 Å². The predicted octanol–water partition coefficient (Wildman–Crippen LogP) is 4.46. The monoisotopic (exact) mass is 310 g/mol. The van der Waals surface area contributed by atoms with Crippen LogP contribution in [-0.2, 0) is 4.74 Å². The van der Waals surface area contributed by atoms with Gasteiger partial charge in [-0.1, -0.05) is 0 Å². The topological polar surface area (TPSA) is 39.4 Å². The standard InChI is InChI=1S/C14H15BrO3/c1-8-5-9-7-11(13(16)18-14(2,3)4)17-12(9)10(15)6-8/h5-7H,1-4H3. The number of furan rings is 1. The van der Waals surface area contributed by atoms with Crippen LogP contribution in [0.25, 0.3) is 11.0 Å². The van der Waals surface area contributed by atoms with Gasteiger partial charge >= 0.3 is 5.97 Å². The van der Waals surface area contributed by atoms with Gasteiger partial charge in [0, 0.05) is 5.39 Å². The van der Waals surface area contributed by atoms with Crippen molar-refractivity contribution in [3.63, 3.8) is 0 Å². The molecule has 4 heteroatoms. The van der Waals surface area contributed by atoms with E-state index in [9.17, 15) is 4.79 Å². The summed E-state index contributed by atoms with van der Waals surface area (Å²) in [7, 11) is 0. The lowest BCUT2D eigenvalue weighted by Crippen LogP contribution is -2.23. The SMILES string of the molecule is Cc1cc(Br)c2oc(C(=O)OC(C)(C)C)cc2c1. The number of aryl methyl sites for hydroxylation is 1. The van der Waals surface area contributed by atoms with Gasteiger partial charge in [0.25, 0.3) is 0 Å². The van der Waals surface area contributed by atoms with E-state index in [-0.39, 0.29) is 5.76 Å². The fraction of sp³-hybridized carbons (Fsp3) is 0.357. The van der Waals surface area contributed by atoms with Crippen molar-refractivity contribution in [1.82, 2.24) is 0 Å². The Morgan fingerprint density at radius 1 is 1.28 bits per heavy atom. The maximum absolute atomic E-state index is 11.9. The molecule has 0 saturated carbocycles. The molecule has 0 spiro atoms. The van der Waals surface area contributed by atoms with Crippen molar-refractivity contribution >= 4 is 32.9 Å². The van der Waals surface area contributed by atoms with Crippen LogP contribution in [0.5, 0.6) is 0 Å². The van der Waals surface area contributed by atoms with Gasteiger partial charge in [0.2, 0.25) is 5.76 Å². The highest BCUT2D eigenvalue weighted by atomic mass is 79.9. The molecule has 0 amide bonds. The van der Waals surface area contributed by atoms with Crippen LogP contribution in [0.4, 0.5) is 0 Å². The number of carbonyl (C=O) groups is 1. The average Bonchev–Trinajstić information content (AvgIpc) is 2.58. The molecule has 0 radical (unpaired) electrons. The van der Waals surface area contributed by atoms with Gasteiger partial charge < -0.3 is 9.15 Å². The van der Waals surface area contributed by atoms with Crippen LogP contribution in [0, 0.1) is 6.92 Å². The lowest BCUT2D eigenvalue weighted by molar-refractivity contribution is 0.00382. The normalized spacial score (nSPS) is 11.8. The first-order valence-corrected chi connectivity index (χ1v) is 6.48. The van der Waals surface area contributed by atoms with Gasteiger partial charge in [-0.25, -0.2) is 4.79 Å². The zero-order valence-electron chi connectivity index (χ0n) is 10.8. The molecule has 2 aromatic rings. The van der Waals surface area contributed by atoms with E-state index in [1.54, 1.807) is 6.07 Å². The van der Waals surface area contributed by atoms with E-state index in [1.165, 1.54) is 0 Å². The zero-order chi connectivity index (χ0) is 13.5. The van der Waals surface area contributed by atoms with Crippen molar-refractivity contribution < 1.29 is 13.9 Å². The molecule has 0 aliphatic heterocycles. The van der Waals surface area contributed by atoms with Crippen LogP contribution in [0.1, 0.15) is 36.9 Å². The minimum absolute atomic E-state index is 0.228. The quantitative estimate of drug-likeness (QED) is 0.730. The maximum Gasteiger partial charge on any atom is 0.374 e. The first-order chi connectivity index (χ1) is 8.26. The molecule has 0 unspecified atom stereocenters. The van der Waals surface area contributed by atoms with Crippen molar-refractivity contribution in [2.24, 2.45) is 0 Å². The molecule has 1 aromatic carbocycles. The van der Waals surface area contributed by atoms with E-state index in [0.717, 1.165) is 15.4 Å². The summed E-state index contributed by atoms with van der Waals surface area (Å²) < 4.78 is 11.7. The van der Waals surface area contributed by atoms with E-state index >= 15 is 0 Å². The summed E-state index contributed by atoms with van der Waals surface area (Å²) in [6.45, 7) is 7.47. The van der Waals surface area contributed by atoms with Gasteiger partial charge in [-0.05, 0) is 67.4 Å². The van der Waals surface area contributed by atoms with Gasteiger partial charge in [-0.15, -0.1) is 0 Å². The number of ether oxygens (including phenoxy) is 1. The largest absolute Gasteiger partial charge is 0.454 e.